The molecule has 0 aromatic rings. The van der Waals surface area contributed by atoms with E-state index in [9.17, 15) is 5.11 Å². The van der Waals surface area contributed by atoms with E-state index in [-0.39, 0.29) is 30.4 Å². The van der Waals surface area contributed by atoms with Crippen molar-refractivity contribution >= 4 is 0 Å². The molecule has 0 aromatic carbocycles. The van der Waals surface area contributed by atoms with Crippen LogP contribution in [0.2, 0.25) is 0 Å². The summed E-state index contributed by atoms with van der Waals surface area (Å²) < 4.78 is 0. The SMILES string of the molecule is CC1(C)C2CCC1(C)C([O-])C2.[Li+]. The first kappa shape index (κ1) is 10.6. The minimum Gasteiger partial charge on any atom is -0.852 e. The molecule has 12 heavy (non-hydrogen) atoms. The van der Waals surface area contributed by atoms with E-state index in [0.717, 1.165) is 12.3 Å². The van der Waals surface area contributed by atoms with E-state index in [4.69, 9.17) is 0 Å². The van der Waals surface area contributed by atoms with Gasteiger partial charge in [-0.3, -0.25) is 0 Å². The molecule has 0 saturated heterocycles. The number of rotatable bonds is 0. The molecule has 2 saturated carbocycles. The van der Waals surface area contributed by atoms with Crippen LogP contribution in [0.15, 0.2) is 0 Å². The van der Waals surface area contributed by atoms with Gasteiger partial charge in [0.1, 0.15) is 0 Å². The molecule has 2 aliphatic carbocycles. The summed E-state index contributed by atoms with van der Waals surface area (Å²) >= 11 is 0. The molecule has 2 heteroatoms. The average Bonchev–Trinajstić information content (AvgIpc) is 2.20. The minimum absolute atomic E-state index is 0. The van der Waals surface area contributed by atoms with Crippen LogP contribution < -0.4 is 24.0 Å². The third-order valence-corrected chi connectivity index (χ3v) is 4.71. The second kappa shape index (κ2) is 2.77. The monoisotopic (exact) mass is 160 g/mol. The molecule has 2 rings (SSSR count). The van der Waals surface area contributed by atoms with E-state index < -0.39 is 0 Å². The molecular formula is C10H17LiO. The normalized spacial score (nSPS) is 49.0. The molecule has 64 valence electrons. The van der Waals surface area contributed by atoms with Crippen LogP contribution in [0.1, 0.15) is 40.0 Å². The molecule has 0 N–H and O–H groups in total. The van der Waals surface area contributed by atoms with Gasteiger partial charge >= 0.3 is 18.9 Å². The summed E-state index contributed by atoms with van der Waals surface area (Å²) in [5.41, 5.74) is 0.428. The molecule has 0 amide bonds. The predicted molar refractivity (Wildman–Crippen MR) is 43.0 cm³/mol. The molecule has 0 aromatic heterocycles. The van der Waals surface area contributed by atoms with Gasteiger partial charge in [-0.15, -0.1) is 6.10 Å². The quantitative estimate of drug-likeness (QED) is 0.398. The average molecular weight is 160 g/mol. The molecule has 2 aliphatic rings. The van der Waals surface area contributed by atoms with Crippen LogP contribution in [0.25, 0.3) is 0 Å². The predicted octanol–water partition coefficient (Wildman–Crippen LogP) is -1.43. The zero-order valence-electron chi connectivity index (χ0n) is 8.68. The summed E-state index contributed by atoms with van der Waals surface area (Å²) in [6.07, 6.45) is 3.11. The van der Waals surface area contributed by atoms with Crippen LogP contribution in [0.3, 0.4) is 0 Å². The van der Waals surface area contributed by atoms with Gasteiger partial charge in [0.05, 0.1) is 0 Å². The number of hydrogen-bond donors (Lipinski definition) is 0. The zero-order valence-corrected chi connectivity index (χ0v) is 8.68. The summed E-state index contributed by atoms with van der Waals surface area (Å²) in [6, 6.07) is 0. The van der Waals surface area contributed by atoms with E-state index in [2.05, 4.69) is 20.8 Å². The maximum atomic E-state index is 11.7. The van der Waals surface area contributed by atoms with Crippen LogP contribution in [0.5, 0.6) is 0 Å². The fourth-order valence-electron chi connectivity index (χ4n) is 3.13. The molecule has 0 radical (unpaired) electrons. The Bertz CT molecular complexity index is 190. The van der Waals surface area contributed by atoms with E-state index in [1.54, 1.807) is 0 Å². The fourth-order valence-corrected chi connectivity index (χ4v) is 3.13. The zero-order chi connectivity index (χ0) is 8.28. The second-order valence-electron chi connectivity index (χ2n) is 5.10. The fraction of sp³-hybridized carbons (Fsp3) is 1.00. The van der Waals surface area contributed by atoms with Crippen LogP contribution in [0.4, 0.5) is 0 Å². The third-order valence-electron chi connectivity index (χ3n) is 4.71. The largest absolute Gasteiger partial charge is 1.00 e. The van der Waals surface area contributed by atoms with Crippen LogP contribution in [-0.4, -0.2) is 6.10 Å². The second-order valence-corrected chi connectivity index (χ2v) is 5.10. The Balaban J connectivity index is 0.000000720. The standard InChI is InChI=1S/C10H17O.Li/c1-9(2)7-4-5-10(9,3)8(11)6-7;/h7-8H,4-6H2,1-3H3;/q-1;+1. The molecule has 2 fully saturated rings. The van der Waals surface area contributed by atoms with Gasteiger partial charge in [0.25, 0.3) is 0 Å². The number of hydrogen-bond acceptors (Lipinski definition) is 1. The van der Waals surface area contributed by atoms with Gasteiger partial charge < -0.3 is 5.11 Å². The Kier molecular flexibility index (Phi) is 2.46. The molecule has 0 heterocycles. The first-order valence-electron chi connectivity index (χ1n) is 4.64. The van der Waals surface area contributed by atoms with Crippen molar-refractivity contribution < 1.29 is 24.0 Å². The molecule has 3 unspecified atom stereocenters. The molecule has 1 nitrogen and oxygen atoms in total. The summed E-state index contributed by atoms with van der Waals surface area (Å²) in [4.78, 5) is 0. The summed E-state index contributed by atoms with van der Waals surface area (Å²) in [6.45, 7) is 6.75. The van der Waals surface area contributed by atoms with Crippen LogP contribution in [0, 0.1) is 16.7 Å². The number of fused-ring (bicyclic) bond motifs is 2. The van der Waals surface area contributed by atoms with E-state index >= 15 is 0 Å². The van der Waals surface area contributed by atoms with Gasteiger partial charge in [0.2, 0.25) is 0 Å². The minimum atomic E-state index is -0.281. The maximum Gasteiger partial charge on any atom is 1.00 e. The van der Waals surface area contributed by atoms with Crippen molar-refractivity contribution in [2.75, 3.05) is 0 Å². The van der Waals surface area contributed by atoms with Crippen molar-refractivity contribution in [1.29, 1.82) is 0 Å². The van der Waals surface area contributed by atoms with Crippen molar-refractivity contribution in [3.8, 4) is 0 Å². The molecule has 3 atom stereocenters. The Morgan fingerprint density at radius 2 is 1.83 bits per heavy atom. The molecule has 0 aliphatic heterocycles. The summed E-state index contributed by atoms with van der Waals surface area (Å²) in [5.74, 6) is 0.718. The summed E-state index contributed by atoms with van der Waals surface area (Å²) in [7, 11) is 0. The van der Waals surface area contributed by atoms with Crippen molar-refractivity contribution in [1.82, 2.24) is 0 Å². The van der Waals surface area contributed by atoms with Gasteiger partial charge in [-0.05, 0) is 29.6 Å². The maximum absolute atomic E-state index is 11.7. The molecule has 0 spiro atoms. The smallest absolute Gasteiger partial charge is 0.852 e. The third kappa shape index (κ3) is 0.968. The van der Waals surface area contributed by atoms with Crippen molar-refractivity contribution in [2.24, 2.45) is 16.7 Å². The van der Waals surface area contributed by atoms with Crippen molar-refractivity contribution in [3.05, 3.63) is 0 Å². The van der Waals surface area contributed by atoms with Gasteiger partial charge in [0.15, 0.2) is 0 Å². The molecule has 2 bridgehead atoms. The van der Waals surface area contributed by atoms with Crippen LogP contribution in [-0.2, 0) is 0 Å². The Hall–Kier alpha value is 0.557. The Morgan fingerprint density at radius 3 is 2.00 bits per heavy atom. The van der Waals surface area contributed by atoms with Gasteiger partial charge in [-0.2, -0.15) is 0 Å². The molecular weight excluding hydrogens is 143 g/mol. The van der Waals surface area contributed by atoms with Gasteiger partial charge in [-0.25, -0.2) is 0 Å². The first-order chi connectivity index (χ1) is 4.98. The topological polar surface area (TPSA) is 23.1 Å². The Labute approximate surface area is 87.1 Å². The van der Waals surface area contributed by atoms with E-state index in [1.807, 2.05) is 0 Å². The van der Waals surface area contributed by atoms with E-state index in [1.165, 1.54) is 12.8 Å². The van der Waals surface area contributed by atoms with E-state index in [0.29, 0.717) is 5.41 Å². The van der Waals surface area contributed by atoms with Gasteiger partial charge in [-0.1, -0.05) is 27.2 Å². The first-order valence-corrected chi connectivity index (χ1v) is 4.64. The van der Waals surface area contributed by atoms with Crippen LogP contribution >= 0.6 is 0 Å². The van der Waals surface area contributed by atoms with Gasteiger partial charge in [0, 0.05) is 0 Å². The Morgan fingerprint density at radius 1 is 1.25 bits per heavy atom. The summed E-state index contributed by atoms with van der Waals surface area (Å²) in [5, 5.41) is 11.7. The van der Waals surface area contributed by atoms with Crippen molar-refractivity contribution in [3.63, 3.8) is 0 Å². The van der Waals surface area contributed by atoms with Crippen molar-refractivity contribution in [2.45, 2.75) is 46.1 Å².